The van der Waals surface area contributed by atoms with E-state index in [4.69, 9.17) is 11.6 Å². The first-order valence-electron chi connectivity index (χ1n) is 7.13. The summed E-state index contributed by atoms with van der Waals surface area (Å²) >= 11 is 5.92. The molecule has 1 heterocycles. The van der Waals surface area contributed by atoms with Gasteiger partial charge in [0.05, 0.1) is 0 Å². The minimum absolute atomic E-state index is 0.769. The number of rotatable bonds is 2. The van der Waals surface area contributed by atoms with Crippen LogP contribution in [-0.2, 0) is 0 Å². The maximum atomic E-state index is 5.92. The Balaban J connectivity index is 1.79. The average Bonchev–Trinajstić information content (AvgIpc) is 2.49. The molecule has 1 aliphatic heterocycles. The number of piperidine rings is 1. The number of hydrogen-bond acceptors (Lipinski definition) is 1. The van der Waals surface area contributed by atoms with Gasteiger partial charge in [-0.15, -0.1) is 0 Å². The topological polar surface area (TPSA) is 12.0 Å². The molecule has 2 aromatic rings. The Hall–Kier alpha value is -1.83. The first kappa shape index (κ1) is 14.1. The lowest BCUT2D eigenvalue weighted by Gasteiger charge is -2.18. The third-order valence-electron chi connectivity index (χ3n) is 3.66. The number of nitrogens with one attached hydrogen (secondary N) is 1. The SMILES string of the molecule is C=C1CNCC(=Cc2ccc(-c3ccc(Cl)cc3)cc2)C1. The van der Waals surface area contributed by atoms with Crippen molar-refractivity contribution in [1.29, 1.82) is 0 Å². The molecule has 0 saturated carbocycles. The van der Waals surface area contributed by atoms with Gasteiger partial charge in [-0.05, 0) is 35.2 Å². The van der Waals surface area contributed by atoms with E-state index in [2.05, 4.69) is 42.2 Å². The summed E-state index contributed by atoms with van der Waals surface area (Å²) in [7, 11) is 0. The molecule has 2 aromatic carbocycles. The van der Waals surface area contributed by atoms with Crippen LogP contribution >= 0.6 is 11.6 Å². The summed E-state index contributed by atoms with van der Waals surface area (Å²) in [5.74, 6) is 0. The van der Waals surface area contributed by atoms with Crippen LogP contribution in [0.1, 0.15) is 12.0 Å². The first-order chi connectivity index (χ1) is 10.2. The standard InChI is InChI=1S/C19H18ClN/c1-14-10-16(13-21-12-14)11-15-2-4-17(5-3-15)18-6-8-19(20)9-7-18/h2-9,11,21H,1,10,12-13H2. The number of hydrogen-bond donors (Lipinski definition) is 1. The van der Waals surface area contributed by atoms with Crippen LogP contribution in [0.4, 0.5) is 0 Å². The van der Waals surface area contributed by atoms with Gasteiger partial charge in [-0.2, -0.15) is 0 Å². The predicted octanol–water partition coefficient (Wildman–Crippen LogP) is 4.94. The molecule has 1 aliphatic rings. The van der Waals surface area contributed by atoms with E-state index in [9.17, 15) is 0 Å². The van der Waals surface area contributed by atoms with Gasteiger partial charge in [0.25, 0.3) is 0 Å². The fraction of sp³-hybridized carbons (Fsp3) is 0.158. The maximum Gasteiger partial charge on any atom is 0.0406 e. The van der Waals surface area contributed by atoms with Gasteiger partial charge in [-0.3, -0.25) is 0 Å². The number of benzene rings is 2. The van der Waals surface area contributed by atoms with Crippen molar-refractivity contribution in [3.05, 3.63) is 76.8 Å². The fourth-order valence-electron chi connectivity index (χ4n) is 2.60. The summed E-state index contributed by atoms with van der Waals surface area (Å²) in [6.07, 6.45) is 3.26. The average molecular weight is 296 g/mol. The molecule has 106 valence electrons. The lowest BCUT2D eigenvalue weighted by atomic mass is 9.99. The largest absolute Gasteiger partial charge is 0.309 e. The van der Waals surface area contributed by atoms with Gasteiger partial charge in [-0.1, -0.05) is 71.8 Å². The summed E-state index contributed by atoms with van der Waals surface area (Å²) in [4.78, 5) is 0. The molecule has 21 heavy (non-hydrogen) atoms. The lowest BCUT2D eigenvalue weighted by Crippen LogP contribution is -2.25. The van der Waals surface area contributed by atoms with E-state index >= 15 is 0 Å². The van der Waals surface area contributed by atoms with Crippen molar-refractivity contribution in [3.63, 3.8) is 0 Å². The zero-order chi connectivity index (χ0) is 14.7. The number of halogens is 1. The highest BCUT2D eigenvalue weighted by Crippen LogP contribution is 2.23. The Morgan fingerprint density at radius 3 is 2.14 bits per heavy atom. The van der Waals surface area contributed by atoms with Gasteiger partial charge in [0, 0.05) is 18.1 Å². The van der Waals surface area contributed by atoms with Crippen LogP contribution in [0.3, 0.4) is 0 Å². The minimum Gasteiger partial charge on any atom is -0.309 e. The van der Waals surface area contributed by atoms with Gasteiger partial charge in [0.1, 0.15) is 0 Å². The van der Waals surface area contributed by atoms with Crippen molar-refractivity contribution in [1.82, 2.24) is 5.32 Å². The molecular formula is C19H18ClN. The third kappa shape index (κ3) is 3.63. The molecule has 0 aromatic heterocycles. The first-order valence-corrected chi connectivity index (χ1v) is 7.51. The van der Waals surface area contributed by atoms with Crippen LogP contribution in [0.2, 0.25) is 5.02 Å². The van der Waals surface area contributed by atoms with Gasteiger partial charge >= 0.3 is 0 Å². The van der Waals surface area contributed by atoms with E-state index in [1.54, 1.807) is 0 Å². The van der Waals surface area contributed by atoms with Crippen LogP contribution in [0, 0.1) is 0 Å². The summed E-state index contributed by atoms with van der Waals surface area (Å²) in [5.41, 5.74) is 6.28. The second kappa shape index (κ2) is 6.30. The summed E-state index contributed by atoms with van der Waals surface area (Å²) in [5, 5.41) is 4.14. The van der Waals surface area contributed by atoms with Gasteiger partial charge in [0.2, 0.25) is 0 Å². The molecule has 0 atom stereocenters. The molecule has 0 aliphatic carbocycles. The van der Waals surface area contributed by atoms with Crippen molar-refractivity contribution < 1.29 is 0 Å². The minimum atomic E-state index is 0.769. The van der Waals surface area contributed by atoms with Gasteiger partial charge in [-0.25, -0.2) is 0 Å². The molecule has 0 amide bonds. The molecule has 0 radical (unpaired) electrons. The van der Waals surface area contributed by atoms with Crippen LogP contribution < -0.4 is 5.32 Å². The van der Waals surface area contributed by atoms with E-state index in [0.29, 0.717) is 0 Å². The Kier molecular flexibility index (Phi) is 4.23. The van der Waals surface area contributed by atoms with E-state index in [0.717, 1.165) is 24.5 Å². The molecule has 1 fully saturated rings. The molecule has 0 bridgehead atoms. The molecule has 1 saturated heterocycles. The van der Waals surface area contributed by atoms with E-state index in [-0.39, 0.29) is 0 Å². The summed E-state index contributed by atoms with van der Waals surface area (Å²) in [6, 6.07) is 16.6. The highest BCUT2D eigenvalue weighted by Gasteiger charge is 2.07. The molecule has 1 N–H and O–H groups in total. The van der Waals surface area contributed by atoms with Crippen molar-refractivity contribution in [2.45, 2.75) is 6.42 Å². The normalized spacial score (nSPS) is 17.2. The third-order valence-corrected chi connectivity index (χ3v) is 3.92. The van der Waals surface area contributed by atoms with Crippen molar-refractivity contribution in [2.24, 2.45) is 0 Å². The Bertz CT molecular complexity index is 666. The molecular weight excluding hydrogens is 278 g/mol. The van der Waals surface area contributed by atoms with Gasteiger partial charge < -0.3 is 5.32 Å². The smallest absolute Gasteiger partial charge is 0.0406 e. The van der Waals surface area contributed by atoms with Crippen LogP contribution in [-0.4, -0.2) is 13.1 Å². The van der Waals surface area contributed by atoms with Crippen molar-refractivity contribution in [3.8, 4) is 11.1 Å². The summed E-state index contributed by atoms with van der Waals surface area (Å²) in [6.45, 7) is 5.95. The van der Waals surface area contributed by atoms with E-state index in [1.807, 2.05) is 24.3 Å². The molecule has 2 heteroatoms. The summed E-state index contributed by atoms with van der Waals surface area (Å²) < 4.78 is 0. The predicted molar refractivity (Wildman–Crippen MR) is 91.5 cm³/mol. The Morgan fingerprint density at radius 1 is 0.905 bits per heavy atom. The monoisotopic (exact) mass is 295 g/mol. The van der Waals surface area contributed by atoms with Crippen molar-refractivity contribution in [2.75, 3.05) is 13.1 Å². The molecule has 3 rings (SSSR count). The van der Waals surface area contributed by atoms with Crippen LogP contribution in [0.15, 0.2) is 66.3 Å². The van der Waals surface area contributed by atoms with Crippen molar-refractivity contribution >= 4 is 17.7 Å². The molecule has 1 nitrogen and oxygen atoms in total. The maximum absolute atomic E-state index is 5.92. The highest BCUT2D eigenvalue weighted by atomic mass is 35.5. The second-order valence-electron chi connectivity index (χ2n) is 5.46. The zero-order valence-corrected chi connectivity index (χ0v) is 12.7. The highest BCUT2D eigenvalue weighted by molar-refractivity contribution is 6.30. The lowest BCUT2D eigenvalue weighted by molar-refractivity contribution is 0.718. The second-order valence-corrected chi connectivity index (χ2v) is 5.90. The van der Waals surface area contributed by atoms with Crippen LogP contribution in [0.5, 0.6) is 0 Å². The van der Waals surface area contributed by atoms with Gasteiger partial charge in [0.15, 0.2) is 0 Å². The molecule has 0 spiro atoms. The molecule has 0 unspecified atom stereocenters. The van der Waals surface area contributed by atoms with E-state index < -0.39 is 0 Å². The van der Waals surface area contributed by atoms with E-state index in [1.165, 1.54) is 27.8 Å². The Morgan fingerprint density at radius 2 is 1.52 bits per heavy atom. The fourth-order valence-corrected chi connectivity index (χ4v) is 2.72. The Labute approximate surface area is 131 Å². The quantitative estimate of drug-likeness (QED) is 0.774. The zero-order valence-electron chi connectivity index (χ0n) is 11.9. The van der Waals surface area contributed by atoms with Crippen LogP contribution in [0.25, 0.3) is 17.2 Å².